The lowest BCUT2D eigenvalue weighted by molar-refractivity contribution is 0.0797. The minimum absolute atomic E-state index is 0.0936. The van der Waals surface area contributed by atoms with Crippen molar-refractivity contribution < 1.29 is 14.3 Å². The standard InChI is InChI=1S/C19H25N3O3/c1-13-3-5-16(6-4-13)18-21-17(12-25-18)11-20-19(24)22-9-7-15(8-10-22)14(2)23/h3-6,12,14-15,23H,7-11H2,1-2H3,(H,20,24). The number of benzene rings is 1. The highest BCUT2D eigenvalue weighted by atomic mass is 16.3. The topological polar surface area (TPSA) is 78.6 Å². The fourth-order valence-corrected chi connectivity index (χ4v) is 3.08. The number of nitrogens with zero attached hydrogens (tertiary/aromatic N) is 2. The van der Waals surface area contributed by atoms with Gasteiger partial charge in [-0.1, -0.05) is 17.7 Å². The molecule has 1 aliphatic rings. The Morgan fingerprint density at radius 2 is 2.04 bits per heavy atom. The minimum atomic E-state index is -0.305. The summed E-state index contributed by atoms with van der Waals surface area (Å²) in [4.78, 5) is 18.5. The summed E-state index contributed by atoms with van der Waals surface area (Å²) >= 11 is 0. The lowest BCUT2D eigenvalue weighted by atomic mass is 9.92. The average molecular weight is 343 g/mol. The predicted octanol–water partition coefficient (Wildman–Crippen LogP) is 2.95. The van der Waals surface area contributed by atoms with Crippen molar-refractivity contribution in [1.29, 1.82) is 0 Å². The van der Waals surface area contributed by atoms with E-state index in [9.17, 15) is 9.90 Å². The van der Waals surface area contributed by atoms with Crippen LogP contribution >= 0.6 is 0 Å². The summed E-state index contributed by atoms with van der Waals surface area (Å²) < 4.78 is 5.50. The Labute approximate surface area is 147 Å². The molecule has 2 aromatic rings. The van der Waals surface area contributed by atoms with Crippen molar-refractivity contribution in [3.05, 3.63) is 41.8 Å². The number of amides is 2. The molecule has 6 nitrogen and oxygen atoms in total. The van der Waals surface area contributed by atoms with Crippen LogP contribution in [0.4, 0.5) is 4.79 Å². The maximum absolute atomic E-state index is 12.3. The van der Waals surface area contributed by atoms with E-state index >= 15 is 0 Å². The monoisotopic (exact) mass is 343 g/mol. The van der Waals surface area contributed by atoms with E-state index in [1.54, 1.807) is 11.2 Å². The molecule has 0 spiro atoms. The van der Waals surface area contributed by atoms with Gasteiger partial charge in [-0.2, -0.15) is 0 Å². The van der Waals surface area contributed by atoms with Crippen molar-refractivity contribution in [2.24, 2.45) is 5.92 Å². The molecule has 1 aromatic heterocycles. The highest BCUT2D eigenvalue weighted by molar-refractivity contribution is 5.74. The van der Waals surface area contributed by atoms with Crippen LogP contribution in [-0.2, 0) is 6.54 Å². The summed E-state index contributed by atoms with van der Waals surface area (Å²) in [6.45, 7) is 5.54. The van der Waals surface area contributed by atoms with Crippen LogP contribution in [0.1, 0.15) is 31.0 Å². The van der Waals surface area contributed by atoms with E-state index in [1.165, 1.54) is 5.56 Å². The van der Waals surface area contributed by atoms with Crippen molar-refractivity contribution in [3.63, 3.8) is 0 Å². The van der Waals surface area contributed by atoms with Gasteiger partial charge in [-0.3, -0.25) is 0 Å². The lowest BCUT2D eigenvalue weighted by Crippen LogP contribution is -2.45. The van der Waals surface area contributed by atoms with E-state index in [2.05, 4.69) is 10.3 Å². The summed E-state index contributed by atoms with van der Waals surface area (Å²) in [5.74, 6) is 0.846. The summed E-state index contributed by atoms with van der Waals surface area (Å²) in [7, 11) is 0. The van der Waals surface area contributed by atoms with Crippen LogP contribution in [-0.4, -0.2) is 40.2 Å². The normalized spacial score (nSPS) is 16.7. The fourth-order valence-electron chi connectivity index (χ4n) is 3.08. The molecule has 2 heterocycles. The van der Waals surface area contributed by atoms with Crippen molar-refractivity contribution >= 4 is 6.03 Å². The van der Waals surface area contributed by atoms with Gasteiger partial charge in [0.1, 0.15) is 6.26 Å². The molecule has 1 fully saturated rings. The largest absolute Gasteiger partial charge is 0.444 e. The van der Waals surface area contributed by atoms with E-state index < -0.39 is 0 Å². The first-order valence-corrected chi connectivity index (χ1v) is 8.75. The molecule has 0 aliphatic carbocycles. The molecule has 2 amide bonds. The van der Waals surface area contributed by atoms with E-state index in [0.717, 1.165) is 18.4 Å². The van der Waals surface area contributed by atoms with Crippen LogP contribution in [0.3, 0.4) is 0 Å². The zero-order chi connectivity index (χ0) is 17.8. The maximum Gasteiger partial charge on any atom is 0.317 e. The van der Waals surface area contributed by atoms with Crippen molar-refractivity contribution in [1.82, 2.24) is 15.2 Å². The first-order chi connectivity index (χ1) is 12.0. The number of aromatic nitrogens is 1. The number of aliphatic hydroxyl groups excluding tert-OH is 1. The molecular formula is C19H25N3O3. The highest BCUT2D eigenvalue weighted by Gasteiger charge is 2.25. The Bertz CT molecular complexity index is 701. The van der Waals surface area contributed by atoms with E-state index in [1.807, 2.05) is 38.1 Å². The van der Waals surface area contributed by atoms with Gasteiger partial charge in [0.15, 0.2) is 0 Å². The van der Waals surface area contributed by atoms with Gasteiger partial charge in [0.2, 0.25) is 5.89 Å². The molecule has 1 atom stereocenters. The van der Waals surface area contributed by atoms with E-state index in [0.29, 0.717) is 31.2 Å². The van der Waals surface area contributed by atoms with Gasteiger partial charge >= 0.3 is 6.03 Å². The molecule has 1 saturated heterocycles. The number of likely N-dealkylation sites (tertiary alicyclic amines) is 1. The molecule has 25 heavy (non-hydrogen) atoms. The van der Waals surface area contributed by atoms with Gasteiger partial charge in [-0.05, 0) is 44.7 Å². The molecule has 6 heteroatoms. The number of nitrogens with one attached hydrogen (secondary N) is 1. The Balaban J connectivity index is 1.51. The Hall–Kier alpha value is -2.34. The zero-order valence-electron chi connectivity index (χ0n) is 14.7. The first-order valence-electron chi connectivity index (χ1n) is 8.75. The van der Waals surface area contributed by atoms with Crippen LogP contribution in [0.5, 0.6) is 0 Å². The number of oxazole rings is 1. The van der Waals surface area contributed by atoms with Gasteiger partial charge in [0.25, 0.3) is 0 Å². The zero-order valence-corrected chi connectivity index (χ0v) is 14.7. The molecular weight excluding hydrogens is 318 g/mol. The van der Waals surface area contributed by atoms with Gasteiger partial charge < -0.3 is 19.7 Å². The number of hydrogen-bond acceptors (Lipinski definition) is 4. The SMILES string of the molecule is Cc1ccc(-c2nc(CNC(=O)N3CCC(C(C)O)CC3)co2)cc1. The number of aryl methyl sites for hydroxylation is 1. The number of hydrogen-bond donors (Lipinski definition) is 2. The summed E-state index contributed by atoms with van der Waals surface area (Å²) in [5, 5.41) is 12.5. The summed E-state index contributed by atoms with van der Waals surface area (Å²) in [6, 6.07) is 7.87. The minimum Gasteiger partial charge on any atom is -0.444 e. The molecule has 0 radical (unpaired) electrons. The summed E-state index contributed by atoms with van der Waals surface area (Å²) in [5.41, 5.74) is 2.80. The number of rotatable bonds is 4. The van der Waals surface area contributed by atoms with Gasteiger partial charge in [0.05, 0.1) is 18.3 Å². The Kier molecular flexibility index (Phi) is 5.38. The Morgan fingerprint density at radius 1 is 1.36 bits per heavy atom. The van der Waals surface area contributed by atoms with E-state index in [4.69, 9.17) is 4.42 Å². The second-order valence-corrected chi connectivity index (χ2v) is 6.73. The van der Waals surface area contributed by atoms with E-state index in [-0.39, 0.29) is 18.1 Å². The molecule has 1 aliphatic heterocycles. The van der Waals surface area contributed by atoms with Crippen LogP contribution in [0, 0.1) is 12.8 Å². The molecule has 1 aromatic carbocycles. The molecule has 134 valence electrons. The van der Waals surface area contributed by atoms with Crippen molar-refractivity contribution in [3.8, 4) is 11.5 Å². The number of aliphatic hydroxyl groups is 1. The molecule has 3 rings (SSSR count). The van der Waals surface area contributed by atoms with Gasteiger partial charge in [-0.25, -0.2) is 9.78 Å². The van der Waals surface area contributed by atoms with Gasteiger partial charge in [-0.15, -0.1) is 0 Å². The van der Waals surface area contributed by atoms with Crippen LogP contribution in [0.25, 0.3) is 11.5 Å². The average Bonchev–Trinajstić information content (AvgIpc) is 3.09. The second kappa shape index (κ2) is 7.70. The third-order valence-corrected chi connectivity index (χ3v) is 4.78. The quantitative estimate of drug-likeness (QED) is 0.894. The number of carbonyl (C=O) groups excluding carboxylic acids is 1. The molecule has 1 unspecified atom stereocenters. The number of piperidine rings is 1. The highest BCUT2D eigenvalue weighted by Crippen LogP contribution is 2.21. The second-order valence-electron chi connectivity index (χ2n) is 6.73. The van der Waals surface area contributed by atoms with Crippen LogP contribution < -0.4 is 5.32 Å². The third kappa shape index (κ3) is 4.39. The van der Waals surface area contributed by atoms with Gasteiger partial charge in [0, 0.05) is 18.7 Å². The smallest absolute Gasteiger partial charge is 0.317 e. The molecule has 0 saturated carbocycles. The Morgan fingerprint density at radius 3 is 2.68 bits per heavy atom. The van der Waals surface area contributed by atoms with Crippen LogP contribution in [0.2, 0.25) is 0 Å². The maximum atomic E-state index is 12.3. The molecule has 2 N–H and O–H groups in total. The lowest BCUT2D eigenvalue weighted by Gasteiger charge is -2.33. The fraction of sp³-hybridized carbons (Fsp3) is 0.474. The van der Waals surface area contributed by atoms with Crippen molar-refractivity contribution in [2.75, 3.05) is 13.1 Å². The van der Waals surface area contributed by atoms with Crippen molar-refractivity contribution in [2.45, 2.75) is 39.3 Å². The predicted molar refractivity (Wildman–Crippen MR) is 94.9 cm³/mol. The van der Waals surface area contributed by atoms with Crippen LogP contribution in [0.15, 0.2) is 34.9 Å². The third-order valence-electron chi connectivity index (χ3n) is 4.78. The number of urea groups is 1. The molecule has 0 bridgehead atoms. The summed E-state index contributed by atoms with van der Waals surface area (Å²) in [6.07, 6.45) is 2.95. The first kappa shape index (κ1) is 17.5. The number of carbonyl (C=O) groups is 1.